The normalized spacial score (nSPS) is 18.5. The second-order valence-electron chi connectivity index (χ2n) is 4.59. The lowest BCUT2D eigenvalue weighted by atomic mass is 10.3. The van der Waals surface area contributed by atoms with Crippen molar-refractivity contribution in [3.8, 4) is 0 Å². The van der Waals surface area contributed by atoms with E-state index in [-0.39, 0.29) is 0 Å². The number of halogens is 1. The standard InChI is InChI=1S/C12H17IN2O2/c1-9(14-4-2-3-5-14)7-15-8-10(13)6-11(15)12(16)17/h6,8-9H,2-5,7H2,1H3,(H,16,17). The maximum absolute atomic E-state index is 11.1. The summed E-state index contributed by atoms with van der Waals surface area (Å²) in [5, 5.41) is 9.12. The van der Waals surface area contributed by atoms with Gasteiger partial charge in [-0.15, -0.1) is 0 Å². The third-order valence-corrected chi connectivity index (χ3v) is 3.90. The van der Waals surface area contributed by atoms with E-state index in [1.807, 2.05) is 10.8 Å². The topological polar surface area (TPSA) is 45.5 Å². The Labute approximate surface area is 115 Å². The lowest BCUT2D eigenvalue weighted by Crippen LogP contribution is -2.34. The predicted molar refractivity (Wildman–Crippen MR) is 74.4 cm³/mol. The van der Waals surface area contributed by atoms with Gasteiger partial charge in [-0.2, -0.15) is 0 Å². The Morgan fingerprint density at radius 2 is 2.18 bits per heavy atom. The highest BCUT2D eigenvalue weighted by Crippen LogP contribution is 2.16. The van der Waals surface area contributed by atoms with Crippen LogP contribution in [0.5, 0.6) is 0 Å². The molecule has 0 saturated carbocycles. The number of hydrogen-bond acceptors (Lipinski definition) is 2. The Hall–Kier alpha value is -0.560. The van der Waals surface area contributed by atoms with E-state index in [0.29, 0.717) is 11.7 Å². The van der Waals surface area contributed by atoms with Crippen LogP contribution in [0, 0.1) is 3.57 Å². The van der Waals surface area contributed by atoms with Crippen LogP contribution in [0.4, 0.5) is 0 Å². The van der Waals surface area contributed by atoms with E-state index in [0.717, 1.165) is 23.2 Å². The monoisotopic (exact) mass is 348 g/mol. The van der Waals surface area contributed by atoms with Gasteiger partial charge in [-0.1, -0.05) is 0 Å². The summed E-state index contributed by atoms with van der Waals surface area (Å²) in [7, 11) is 0. The number of carboxylic acid groups (broad SMARTS) is 1. The Balaban J connectivity index is 2.09. The molecule has 0 amide bonds. The number of carbonyl (C=O) groups is 1. The first-order valence-electron chi connectivity index (χ1n) is 5.91. The van der Waals surface area contributed by atoms with Crippen LogP contribution in [0.3, 0.4) is 0 Å². The minimum atomic E-state index is -0.846. The lowest BCUT2D eigenvalue weighted by molar-refractivity contribution is 0.0683. The van der Waals surface area contributed by atoms with Crippen LogP contribution in [0.2, 0.25) is 0 Å². The van der Waals surface area contributed by atoms with Crippen LogP contribution in [-0.2, 0) is 6.54 Å². The van der Waals surface area contributed by atoms with Gasteiger partial charge in [0, 0.05) is 22.4 Å². The van der Waals surface area contributed by atoms with Crippen LogP contribution in [-0.4, -0.2) is 39.7 Å². The van der Waals surface area contributed by atoms with E-state index in [9.17, 15) is 4.79 Å². The number of likely N-dealkylation sites (tertiary alicyclic amines) is 1. The minimum Gasteiger partial charge on any atom is -0.477 e. The van der Waals surface area contributed by atoms with Gasteiger partial charge in [0.2, 0.25) is 0 Å². The maximum atomic E-state index is 11.1. The molecule has 17 heavy (non-hydrogen) atoms. The van der Waals surface area contributed by atoms with Crippen molar-refractivity contribution in [2.24, 2.45) is 0 Å². The molecule has 1 fully saturated rings. The molecule has 0 aliphatic carbocycles. The smallest absolute Gasteiger partial charge is 0.352 e. The van der Waals surface area contributed by atoms with Crippen molar-refractivity contribution in [3.63, 3.8) is 0 Å². The molecule has 2 heterocycles. The Kier molecular flexibility index (Phi) is 4.09. The Bertz CT molecular complexity index is 411. The highest BCUT2D eigenvalue weighted by Gasteiger charge is 2.20. The minimum absolute atomic E-state index is 0.389. The van der Waals surface area contributed by atoms with Gasteiger partial charge in [-0.25, -0.2) is 4.79 Å². The number of aromatic carboxylic acids is 1. The highest BCUT2D eigenvalue weighted by molar-refractivity contribution is 14.1. The van der Waals surface area contributed by atoms with Crippen molar-refractivity contribution in [3.05, 3.63) is 21.5 Å². The van der Waals surface area contributed by atoms with Gasteiger partial charge in [-0.05, 0) is 61.5 Å². The van der Waals surface area contributed by atoms with Crippen molar-refractivity contribution in [1.82, 2.24) is 9.47 Å². The summed E-state index contributed by atoms with van der Waals surface area (Å²) in [5.74, 6) is -0.846. The van der Waals surface area contributed by atoms with Gasteiger partial charge in [0.1, 0.15) is 5.69 Å². The molecule has 1 unspecified atom stereocenters. The third-order valence-electron chi connectivity index (χ3n) is 3.31. The van der Waals surface area contributed by atoms with Crippen molar-refractivity contribution >= 4 is 28.6 Å². The van der Waals surface area contributed by atoms with Gasteiger partial charge in [-0.3, -0.25) is 4.90 Å². The van der Waals surface area contributed by atoms with E-state index in [1.165, 1.54) is 12.8 Å². The molecule has 0 bridgehead atoms. The molecule has 0 aromatic carbocycles. The zero-order valence-electron chi connectivity index (χ0n) is 9.90. The first-order chi connectivity index (χ1) is 8.08. The number of rotatable bonds is 4. The van der Waals surface area contributed by atoms with E-state index in [1.54, 1.807) is 6.07 Å². The van der Waals surface area contributed by atoms with E-state index in [4.69, 9.17) is 5.11 Å². The van der Waals surface area contributed by atoms with Gasteiger partial charge in [0.25, 0.3) is 0 Å². The quantitative estimate of drug-likeness (QED) is 0.850. The third kappa shape index (κ3) is 3.01. The average molecular weight is 348 g/mol. The highest BCUT2D eigenvalue weighted by atomic mass is 127. The van der Waals surface area contributed by atoms with Crippen molar-refractivity contribution in [2.75, 3.05) is 13.1 Å². The molecule has 4 nitrogen and oxygen atoms in total. The van der Waals surface area contributed by atoms with E-state index < -0.39 is 5.97 Å². The molecule has 1 N–H and O–H groups in total. The second-order valence-corrected chi connectivity index (χ2v) is 5.84. The molecule has 1 aliphatic heterocycles. The summed E-state index contributed by atoms with van der Waals surface area (Å²) in [6.07, 6.45) is 4.44. The zero-order chi connectivity index (χ0) is 12.4. The Morgan fingerprint density at radius 1 is 1.53 bits per heavy atom. The molecular formula is C12H17IN2O2. The number of carboxylic acids is 1. The summed E-state index contributed by atoms with van der Waals surface area (Å²) >= 11 is 2.16. The summed E-state index contributed by atoms with van der Waals surface area (Å²) in [6.45, 7) is 5.21. The fraction of sp³-hybridized carbons (Fsp3) is 0.583. The average Bonchev–Trinajstić information content (AvgIpc) is 2.86. The molecular weight excluding hydrogens is 331 g/mol. The summed E-state index contributed by atoms with van der Waals surface area (Å²) in [4.78, 5) is 13.5. The molecule has 1 aromatic heterocycles. The van der Waals surface area contributed by atoms with Crippen molar-refractivity contribution < 1.29 is 9.90 Å². The fourth-order valence-corrected chi connectivity index (χ4v) is 3.02. The molecule has 94 valence electrons. The first-order valence-corrected chi connectivity index (χ1v) is 6.99. The summed E-state index contributed by atoms with van der Waals surface area (Å²) in [5.41, 5.74) is 0.389. The van der Waals surface area contributed by atoms with Gasteiger partial charge in [0.15, 0.2) is 0 Å². The van der Waals surface area contributed by atoms with E-state index >= 15 is 0 Å². The SMILES string of the molecule is CC(Cn1cc(I)cc1C(=O)O)N1CCCC1. The number of hydrogen-bond donors (Lipinski definition) is 1. The first kappa shape index (κ1) is 12.9. The molecule has 0 radical (unpaired) electrons. The summed E-state index contributed by atoms with van der Waals surface area (Å²) < 4.78 is 2.83. The van der Waals surface area contributed by atoms with Crippen LogP contribution >= 0.6 is 22.6 Å². The molecule has 2 rings (SSSR count). The number of aromatic nitrogens is 1. The molecule has 1 aromatic rings. The maximum Gasteiger partial charge on any atom is 0.352 e. The molecule has 1 aliphatic rings. The molecule has 1 saturated heterocycles. The van der Waals surface area contributed by atoms with Crippen LogP contribution in [0.25, 0.3) is 0 Å². The van der Waals surface area contributed by atoms with Crippen LogP contribution in [0.1, 0.15) is 30.3 Å². The second kappa shape index (κ2) is 5.39. The van der Waals surface area contributed by atoms with Crippen LogP contribution < -0.4 is 0 Å². The van der Waals surface area contributed by atoms with Gasteiger partial charge >= 0.3 is 5.97 Å². The largest absolute Gasteiger partial charge is 0.477 e. The predicted octanol–water partition coefficient (Wildman–Crippen LogP) is 2.28. The van der Waals surface area contributed by atoms with Crippen molar-refractivity contribution in [2.45, 2.75) is 32.4 Å². The Morgan fingerprint density at radius 3 is 2.76 bits per heavy atom. The molecule has 5 heteroatoms. The molecule has 1 atom stereocenters. The zero-order valence-corrected chi connectivity index (χ0v) is 12.1. The van der Waals surface area contributed by atoms with Gasteiger partial charge in [0.05, 0.1) is 0 Å². The van der Waals surface area contributed by atoms with E-state index in [2.05, 4.69) is 34.4 Å². The van der Waals surface area contributed by atoms with Crippen LogP contribution in [0.15, 0.2) is 12.3 Å². The summed E-state index contributed by atoms with van der Waals surface area (Å²) in [6, 6.07) is 2.12. The lowest BCUT2D eigenvalue weighted by Gasteiger charge is -2.24. The van der Waals surface area contributed by atoms with Gasteiger partial charge < -0.3 is 9.67 Å². The molecule has 0 spiro atoms. The number of nitrogens with zero attached hydrogens (tertiary/aromatic N) is 2. The van der Waals surface area contributed by atoms with Crippen molar-refractivity contribution in [1.29, 1.82) is 0 Å². The fourth-order valence-electron chi connectivity index (χ4n) is 2.39.